The van der Waals surface area contributed by atoms with Crippen molar-refractivity contribution in [3.05, 3.63) is 54.3 Å². The molecule has 144 valence electrons. The van der Waals surface area contributed by atoms with Crippen molar-refractivity contribution in [3.8, 4) is 11.4 Å². The first kappa shape index (κ1) is 17.3. The monoisotopic (exact) mass is 376 g/mol. The van der Waals surface area contributed by atoms with Gasteiger partial charge in [-0.15, -0.1) is 0 Å². The van der Waals surface area contributed by atoms with Gasteiger partial charge in [0.05, 0.1) is 6.04 Å². The summed E-state index contributed by atoms with van der Waals surface area (Å²) >= 11 is 0. The van der Waals surface area contributed by atoms with Crippen LogP contribution >= 0.6 is 0 Å². The van der Waals surface area contributed by atoms with E-state index in [1.54, 1.807) is 6.20 Å². The van der Waals surface area contributed by atoms with E-state index in [9.17, 15) is 0 Å². The van der Waals surface area contributed by atoms with Crippen molar-refractivity contribution in [2.45, 2.75) is 38.3 Å². The zero-order valence-corrected chi connectivity index (χ0v) is 15.9. The highest BCUT2D eigenvalue weighted by Crippen LogP contribution is 2.33. The topological polar surface area (TPSA) is 71.2 Å². The summed E-state index contributed by atoms with van der Waals surface area (Å²) in [5, 5.41) is 4.27. The van der Waals surface area contributed by atoms with Crippen molar-refractivity contribution in [1.82, 2.24) is 25.0 Å². The molecule has 1 unspecified atom stereocenters. The van der Waals surface area contributed by atoms with Crippen LogP contribution in [0.1, 0.15) is 43.2 Å². The Kier molecular flexibility index (Phi) is 4.74. The van der Waals surface area contributed by atoms with Crippen LogP contribution in [-0.2, 0) is 6.54 Å². The normalized spacial score (nSPS) is 20.1. The highest BCUT2D eigenvalue weighted by Gasteiger charge is 2.31. The fourth-order valence-electron chi connectivity index (χ4n) is 4.19. The molecule has 0 aromatic carbocycles. The van der Waals surface area contributed by atoms with Crippen LogP contribution in [0.3, 0.4) is 0 Å². The molecule has 0 radical (unpaired) electrons. The highest BCUT2D eigenvalue weighted by atomic mass is 16.5. The lowest BCUT2D eigenvalue weighted by atomic mass is 10.2. The first-order valence-corrected chi connectivity index (χ1v) is 10.0. The van der Waals surface area contributed by atoms with E-state index in [1.165, 1.54) is 18.4 Å². The molecular formula is C21H24N6O. The van der Waals surface area contributed by atoms with Gasteiger partial charge in [0, 0.05) is 43.8 Å². The second-order valence-corrected chi connectivity index (χ2v) is 7.54. The molecule has 0 N–H and O–H groups in total. The molecule has 5 heterocycles. The summed E-state index contributed by atoms with van der Waals surface area (Å²) < 4.78 is 5.68. The van der Waals surface area contributed by atoms with E-state index < -0.39 is 0 Å². The summed E-state index contributed by atoms with van der Waals surface area (Å²) in [7, 11) is 0. The van der Waals surface area contributed by atoms with Crippen LogP contribution in [0, 0.1) is 0 Å². The van der Waals surface area contributed by atoms with Gasteiger partial charge in [0.1, 0.15) is 5.82 Å². The maximum atomic E-state index is 5.68. The van der Waals surface area contributed by atoms with Gasteiger partial charge in [0.25, 0.3) is 0 Å². The van der Waals surface area contributed by atoms with Crippen molar-refractivity contribution < 1.29 is 4.52 Å². The SMILES string of the molecule is c1cncc(CN2CCCC2c2nc(-c3ccnc(N4CCCC4)c3)no2)c1. The Labute approximate surface area is 164 Å². The van der Waals surface area contributed by atoms with Crippen LogP contribution in [0.25, 0.3) is 11.4 Å². The van der Waals surface area contributed by atoms with Crippen molar-refractivity contribution in [1.29, 1.82) is 0 Å². The van der Waals surface area contributed by atoms with Crippen LogP contribution < -0.4 is 4.90 Å². The number of aromatic nitrogens is 4. The van der Waals surface area contributed by atoms with Gasteiger partial charge in [-0.3, -0.25) is 9.88 Å². The van der Waals surface area contributed by atoms with E-state index in [1.807, 2.05) is 24.5 Å². The summed E-state index contributed by atoms with van der Waals surface area (Å²) in [5.41, 5.74) is 2.17. The molecule has 1 atom stereocenters. The van der Waals surface area contributed by atoms with Gasteiger partial charge in [-0.2, -0.15) is 4.98 Å². The zero-order chi connectivity index (χ0) is 18.8. The first-order valence-electron chi connectivity index (χ1n) is 10.0. The molecule has 0 amide bonds. The first-order chi connectivity index (χ1) is 13.9. The van der Waals surface area contributed by atoms with Gasteiger partial charge >= 0.3 is 0 Å². The fourth-order valence-corrected chi connectivity index (χ4v) is 4.19. The van der Waals surface area contributed by atoms with E-state index in [0.717, 1.165) is 50.4 Å². The molecule has 0 aliphatic carbocycles. The van der Waals surface area contributed by atoms with Crippen LogP contribution in [0.2, 0.25) is 0 Å². The Morgan fingerprint density at radius 3 is 2.86 bits per heavy atom. The van der Waals surface area contributed by atoms with Gasteiger partial charge in [-0.05, 0) is 56.0 Å². The number of likely N-dealkylation sites (tertiary alicyclic amines) is 1. The maximum absolute atomic E-state index is 5.68. The molecule has 28 heavy (non-hydrogen) atoms. The Balaban J connectivity index is 1.35. The zero-order valence-electron chi connectivity index (χ0n) is 15.9. The number of pyridine rings is 2. The molecule has 2 saturated heterocycles. The van der Waals surface area contributed by atoms with Gasteiger partial charge in [0.2, 0.25) is 11.7 Å². The van der Waals surface area contributed by atoms with Crippen molar-refractivity contribution >= 4 is 5.82 Å². The van der Waals surface area contributed by atoms with E-state index in [0.29, 0.717) is 11.7 Å². The Hall–Kier alpha value is -2.80. The molecule has 5 rings (SSSR count). The summed E-state index contributed by atoms with van der Waals surface area (Å²) in [5.74, 6) is 2.35. The van der Waals surface area contributed by atoms with E-state index in [4.69, 9.17) is 9.51 Å². The molecule has 7 heteroatoms. The molecule has 3 aromatic heterocycles. The molecule has 2 fully saturated rings. The van der Waals surface area contributed by atoms with E-state index in [-0.39, 0.29) is 6.04 Å². The number of anilines is 1. The smallest absolute Gasteiger partial charge is 0.244 e. The largest absolute Gasteiger partial charge is 0.357 e. The third-order valence-corrected chi connectivity index (χ3v) is 5.63. The van der Waals surface area contributed by atoms with Gasteiger partial charge in [-0.1, -0.05) is 11.2 Å². The van der Waals surface area contributed by atoms with Crippen molar-refractivity contribution in [2.24, 2.45) is 0 Å². The predicted molar refractivity (Wildman–Crippen MR) is 106 cm³/mol. The van der Waals surface area contributed by atoms with E-state index in [2.05, 4.69) is 37.1 Å². The Bertz CT molecular complexity index is 921. The number of hydrogen-bond donors (Lipinski definition) is 0. The summed E-state index contributed by atoms with van der Waals surface area (Å²) in [6.45, 7) is 4.02. The quantitative estimate of drug-likeness (QED) is 0.675. The molecule has 2 aliphatic rings. The average Bonchev–Trinajstić information content (AvgIpc) is 3.50. The van der Waals surface area contributed by atoms with Gasteiger partial charge in [0.15, 0.2) is 0 Å². The molecule has 3 aromatic rings. The Morgan fingerprint density at radius 2 is 2.00 bits per heavy atom. The molecule has 0 saturated carbocycles. The van der Waals surface area contributed by atoms with Crippen LogP contribution in [0.5, 0.6) is 0 Å². The predicted octanol–water partition coefficient (Wildman–Crippen LogP) is 3.46. The lowest BCUT2D eigenvalue weighted by Gasteiger charge is -2.21. The Morgan fingerprint density at radius 1 is 1.07 bits per heavy atom. The average molecular weight is 376 g/mol. The van der Waals surface area contributed by atoms with Gasteiger partial charge < -0.3 is 9.42 Å². The fraction of sp³-hybridized carbons (Fsp3) is 0.429. The summed E-state index contributed by atoms with van der Waals surface area (Å²) in [6.07, 6.45) is 10.2. The lowest BCUT2D eigenvalue weighted by Crippen LogP contribution is -2.23. The maximum Gasteiger partial charge on any atom is 0.244 e. The minimum atomic E-state index is 0.168. The minimum Gasteiger partial charge on any atom is -0.357 e. The molecule has 2 aliphatic heterocycles. The summed E-state index contributed by atoms with van der Waals surface area (Å²) in [6, 6.07) is 8.28. The van der Waals surface area contributed by atoms with Gasteiger partial charge in [-0.25, -0.2) is 4.98 Å². The van der Waals surface area contributed by atoms with Crippen LogP contribution in [0.4, 0.5) is 5.82 Å². The number of hydrogen-bond acceptors (Lipinski definition) is 7. The third-order valence-electron chi connectivity index (χ3n) is 5.63. The second kappa shape index (κ2) is 7.67. The van der Waals surface area contributed by atoms with Crippen LogP contribution in [-0.4, -0.2) is 44.6 Å². The van der Waals surface area contributed by atoms with E-state index >= 15 is 0 Å². The molecule has 7 nitrogen and oxygen atoms in total. The van der Waals surface area contributed by atoms with Crippen molar-refractivity contribution in [3.63, 3.8) is 0 Å². The molecule has 0 spiro atoms. The third kappa shape index (κ3) is 3.49. The standard InChI is InChI=1S/C21H24N6O/c1-2-11-26(10-1)19-13-17(7-9-23-19)20-24-21(28-25-20)18-6-4-12-27(18)15-16-5-3-8-22-14-16/h3,5,7-9,13-14,18H,1-2,4,6,10-12,15H2. The second-order valence-electron chi connectivity index (χ2n) is 7.54. The number of nitrogens with zero attached hydrogens (tertiary/aromatic N) is 6. The number of rotatable bonds is 5. The lowest BCUT2D eigenvalue weighted by molar-refractivity contribution is 0.201. The highest BCUT2D eigenvalue weighted by molar-refractivity contribution is 5.59. The molecular weight excluding hydrogens is 352 g/mol. The van der Waals surface area contributed by atoms with Crippen molar-refractivity contribution in [2.75, 3.05) is 24.5 Å². The molecule has 0 bridgehead atoms. The van der Waals surface area contributed by atoms with Crippen LogP contribution in [0.15, 0.2) is 47.4 Å². The summed E-state index contributed by atoms with van der Waals surface area (Å²) in [4.78, 5) is 18.2. The minimum absolute atomic E-state index is 0.168.